The molecule has 12 atom stereocenters. The van der Waals surface area contributed by atoms with Crippen molar-refractivity contribution in [1.29, 1.82) is 0 Å². The maximum Gasteiger partial charge on any atom is 0.246 e. The summed E-state index contributed by atoms with van der Waals surface area (Å²) in [7, 11) is 1.58. The lowest BCUT2D eigenvalue weighted by molar-refractivity contribution is -0.308. The van der Waals surface area contributed by atoms with Gasteiger partial charge < -0.3 is 72.9 Å². The second-order valence-corrected chi connectivity index (χ2v) is 12.1. The summed E-state index contributed by atoms with van der Waals surface area (Å²) < 4.78 is 23.9. The molecule has 44 heavy (non-hydrogen) atoms. The molecule has 2 unspecified atom stereocenters. The Labute approximate surface area is 257 Å². The highest BCUT2D eigenvalue weighted by atomic mass is 16.7. The van der Waals surface area contributed by atoms with Crippen molar-refractivity contribution in [2.24, 2.45) is 28.9 Å². The van der Waals surface area contributed by atoms with E-state index in [1.165, 1.54) is 6.92 Å². The number of amides is 1. The minimum Gasteiger partial charge on any atom is -0.467 e. The summed E-state index contributed by atoms with van der Waals surface area (Å²) in [4.78, 5) is 12.8. The van der Waals surface area contributed by atoms with Crippen LogP contribution in [-0.4, -0.2) is 150 Å². The van der Waals surface area contributed by atoms with Crippen LogP contribution in [-0.2, 0) is 23.7 Å². The first kappa shape index (κ1) is 36.9. The van der Waals surface area contributed by atoms with Gasteiger partial charge in [0.25, 0.3) is 0 Å². The molecule has 1 saturated heterocycles. The largest absolute Gasteiger partial charge is 0.467 e. The molecule has 2 heterocycles. The fourth-order valence-electron chi connectivity index (χ4n) is 5.92. The van der Waals surface area contributed by atoms with Crippen LogP contribution < -0.4 is 33.6 Å². The number of nitrogens with zero attached hydrogens (tertiary/aromatic N) is 1. The molecule has 1 aliphatic carbocycles. The Hall–Kier alpha value is -1.55. The standard InChI is InChI=1S/C27H53N7O10/c1-27(39)13-41-26(21(38)24(27)32-2)43-22-14(10-19(36)34(40)8-7-29)9-18(31)23(20(22)37)44-25-17(30)4-3-16(42-25)12-33-11-15(35)5-6-28/h3,14-15,17-18,20-26,32-33,35,37-40H,4-13,28-31H2,1-2H3/t14-,15?,17+,18-,20+,21+,22-,23?,24+,25+,26+,27-/m0/s1. The monoisotopic (exact) mass is 635 g/mol. The van der Waals surface area contributed by atoms with Crippen LogP contribution in [0.1, 0.15) is 32.6 Å². The molecule has 2 fully saturated rings. The molecule has 2 aliphatic heterocycles. The number of hydroxylamine groups is 2. The van der Waals surface area contributed by atoms with E-state index in [4.69, 9.17) is 41.9 Å². The number of aliphatic hydroxyl groups is 4. The highest BCUT2D eigenvalue weighted by Crippen LogP contribution is 2.36. The first-order valence-corrected chi connectivity index (χ1v) is 15.2. The lowest BCUT2D eigenvalue weighted by Crippen LogP contribution is -2.67. The van der Waals surface area contributed by atoms with Gasteiger partial charge in [0.05, 0.1) is 44.0 Å². The van der Waals surface area contributed by atoms with Crippen LogP contribution in [0.15, 0.2) is 11.8 Å². The molecule has 1 saturated carbocycles. The second-order valence-electron chi connectivity index (χ2n) is 12.1. The van der Waals surface area contributed by atoms with Gasteiger partial charge >= 0.3 is 0 Å². The third kappa shape index (κ3) is 9.49. The molecule has 3 aliphatic rings. The second kappa shape index (κ2) is 16.8. The van der Waals surface area contributed by atoms with Gasteiger partial charge in [-0.25, -0.2) is 5.06 Å². The highest BCUT2D eigenvalue weighted by molar-refractivity contribution is 5.75. The van der Waals surface area contributed by atoms with Crippen molar-refractivity contribution in [1.82, 2.24) is 15.7 Å². The van der Waals surface area contributed by atoms with E-state index in [2.05, 4.69) is 10.6 Å². The Kier molecular flexibility index (Phi) is 14.1. The van der Waals surface area contributed by atoms with Crippen molar-refractivity contribution in [2.45, 2.75) is 99.4 Å². The molecule has 0 bridgehead atoms. The van der Waals surface area contributed by atoms with Gasteiger partial charge in [0.15, 0.2) is 6.29 Å². The van der Waals surface area contributed by atoms with Crippen LogP contribution >= 0.6 is 0 Å². The topological polar surface area (TPSA) is 287 Å². The van der Waals surface area contributed by atoms with Gasteiger partial charge in [-0.15, -0.1) is 0 Å². The van der Waals surface area contributed by atoms with Gasteiger partial charge in [-0.1, -0.05) is 0 Å². The van der Waals surface area contributed by atoms with E-state index in [-0.39, 0.29) is 32.5 Å². The van der Waals surface area contributed by atoms with Gasteiger partial charge in [-0.05, 0) is 51.8 Å². The minimum absolute atomic E-state index is 0.0419. The van der Waals surface area contributed by atoms with Crippen molar-refractivity contribution >= 4 is 5.91 Å². The number of rotatable bonds is 15. The quantitative estimate of drug-likeness (QED) is 0.0595. The molecule has 0 spiro atoms. The molecule has 1 amide bonds. The lowest BCUT2D eigenvalue weighted by atomic mass is 9.77. The zero-order valence-electron chi connectivity index (χ0n) is 25.5. The molecular formula is C27H53N7O10. The summed E-state index contributed by atoms with van der Waals surface area (Å²) >= 11 is 0. The summed E-state index contributed by atoms with van der Waals surface area (Å²) in [6, 6.07) is -2.19. The fourth-order valence-corrected chi connectivity index (χ4v) is 5.92. The maximum atomic E-state index is 12.8. The molecule has 17 nitrogen and oxygen atoms in total. The molecule has 17 heteroatoms. The number of nitrogens with two attached hydrogens (primary N) is 4. The van der Waals surface area contributed by atoms with Crippen molar-refractivity contribution in [3.63, 3.8) is 0 Å². The van der Waals surface area contributed by atoms with Crippen LogP contribution in [0.3, 0.4) is 0 Å². The van der Waals surface area contributed by atoms with E-state index in [0.29, 0.717) is 43.3 Å². The minimum atomic E-state index is -1.43. The van der Waals surface area contributed by atoms with E-state index >= 15 is 0 Å². The van der Waals surface area contributed by atoms with Crippen LogP contribution in [0.25, 0.3) is 0 Å². The Balaban J connectivity index is 1.75. The van der Waals surface area contributed by atoms with Gasteiger partial charge in [0, 0.05) is 25.6 Å². The number of aliphatic hydroxyl groups excluding tert-OH is 3. The first-order valence-electron chi connectivity index (χ1n) is 15.2. The van der Waals surface area contributed by atoms with E-state index in [1.54, 1.807) is 7.05 Å². The third-order valence-corrected chi connectivity index (χ3v) is 8.34. The number of carbonyl (C=O) groups excluding carboxylic acids is 1. The van der Waals surface area contributed by atoms with Crippen LogP contribution in [0.4, 0.5) is 0 Å². The highest BCUT2D eigenvalue weighted by Gasteiger charge is 2.51. The average molecular weight is 636 g/mol. The number of nitrogens with one attached hydrogen (secondary N) is 2. The number of carbonyl (C=O) groups is 1. The fraction of sp³-hybridized carbons (Fsp3) is 0.889. The molecule has 0 aromatic carbocycles. The average Bonchev–Trinajstić information content (AvgIpc) is 2.96. The Bertz CT molecular complexity index is 933. The molecule has 0 aromatic rings. The number of ether oxygens (including phenoxy) is 4. The maximum absolute atomic E-state index is 12.8. The zero-order valence-corrected chi connectivity index (χ0v) is 25.5. The van der Waals surface area contributed by atoms with Crippen molar-refractivity contribution < 1.29 is 49.4 Å². The van der Waals surface area contributed by atoms with E-state index in [1.807, 2.05) is 6.08 Å². The smallest absolute Gasteiger partial charge is 0.246 e. The number of likely N-dealkylation sites (N-methyl/N-ethyl adjacent to an activating group) is 1. The normalized spacial score (nSPS) is 38.5. The molecular weight excluding hydrogens is 582 g/mol. The predicted molar refractivity (Wildman–Crippen MR) is 156 cm³/mol. The van der Waals surface area contributed by atoms with Crippen LogP contribution in [0.5, 0.6) is 0 Å². The summed E-state index contributed by atoms with van der Waals surface area (Å²) in [5, 5.41) is 59.7. The SMILES string of the molecule is CN[C@@H]1[C@@H](O)[C@@H](O[C@H]2[C@H](CC(=O)N(O)CCN)C[C@H](N)C(O[C@H]3OC(CNCC(O)CCN)=CC[C@H]3N)[C@@H]2O)OC[C@]1(C)O. The summed E-state index contributed by atoms with van der Waals surface area (Å²) in [5.41, 5.74) is 22.3. The Morgan fingerprint density at radius 1 is 1.16 bits per heavy atom. The van der Waals surface area contributed by atoms with E-state index in [9.17, 15) is 30.4 Å². The number of hydrogen-bond acceptors (Lipinski definition) is 16. The summed E-state index contributed by atoms with van der Waals surface area (Å²) in [5.74, 6) is -0.823. The van der Waals surface area contributed by atoms with Gasteiger partial charge in [0.2, 0.25) is 12.2 Å². The first-order chi connectivity index (χ1) is 20.8. The Morgan fingerprint density at radius 2 is 1.86 bits per heavy atom. The molecule has 3 rings (SSSR count). The van der Waals surface area contributed by atoms with Crippen molar-refractivity contribution in [3.05, 3.63) is 11.8 Å². The molecule has 0 radical (unpaired) electrons. The predicted octanol–water partition coefficient (Wildman–Crippen LogP) is -4.66. The molecule has 256 valence electrons. The van der Waals surface area contributed by atoms with Crippen molar-refractivity contribution in [2.75, 3.05) is 46.4 Å². The van der Waals surface area contributed by atoms with E-state index in [0.717, 1.165) is 0 Å². The van der Waals surface area contributed by atoms with Crippen molar-refractivity contribution in [3.8, 4) is 0 Å². The lowest BCUT2D eigenvalue weighted by Gasteiger charge is -2.48. The molecule has 15 N–H and O–H groups in total. The van der Waals surface area contributed by atoms with Gasteiger partial charge in [-0.3, -0.25) is 10.0 Å². The summed E-state index contributed by atoms with van der Waals surface area (Å²) in [6.45, 7) is 2.27. The Morgan fingerprint density at radius 3 is 2.52 bits per heavy atom. The van der Waals surface area contributed by atoms with Gasteiger partial charge in [-0.2, -0.15) is 0 Å². The third-order valence-electron chi connectivity index (χ3n) is 8.34. The summed E-state index contributed by atoms with van der Waals surface area (Å²) in [6.07, 6.45) is -5.25. The van der Waals surface area contributed by atoms with E-state index < -0.39 is 78.7 Å². The number of hydrogen-bond donors (Lipinski definition) is 11. The molecule has 0 aromatic heterocycles. The van der Waals surface area contributed by atoms with Crippen LogP contribution in [0.2, 0.25) is 0 Å². The van der Waals surface area contributed by atoms with Crippen LogP contribution in [0, 0.1) is 5.92 Å². The van der Waals surface area contributed by atoms with Gasteiger partial charge in [0.1, 0.15) is 29.7 Å². The zero-order chi connectivity index (χ0) is 32.6.